The Hall–Kier alpha value is -1.31. The monoisotopic (exact) mass is 293 g/mol. The Morgan fingerprint density at radius 1 is 1.05 bits per heavy atom. The van der Waals surface area contributed by atoms with Crippen LogP contribution in [0.4, 0.5) is 0 Å². The van der Waals surface area contributed by atoms with Crippen LogP contribution in [0, 0.1) is 5.41 Å². The van der Waals surface area contributed by atoms with Crippen LogP contribution in [-0.4, -0.2) is 11.4 Å². The molecule has 0 fully saturated rings. The van der Waals surface area contributed by atoms with Gasteiger partial charge >= 0.3 is 0 Å². The van der Waals surface area contributed by atoms with E-state index in [0.717, 1.165) is 6.42 Å². The van der Waals surface area contributed by atoms with E-state index in [0.29, 0.717) is 0 Å². The highest BCUT2D eigenvalue weighted by molar-refractivity contribution is 5.73. The van der Waals surface area contributed by atoms with Gasteiger partial charge in [0.15, 0.2) is 0 Å². The molecule has 0 atom stereocenters. The second-order valence-electron chi connectivity index (χ2n) is 6.27. The topological polar surface area (TPSA) is 29.1 Å². The summed E-state index contributed by atoms with van der Waals surface area (Å²) in [6.07, 6.45) is 11.3. The fourth-order valence-corrected chi connectivity index (χ4v) is 2.61. The third-order valence-corrected chi connectivity index (χ3v) is 2.99. The molecule has 1 N–H and O–H groups in total. The fraction of sp³-hybridized carbons (Fsp3) is 0.632. The molecule has 0 aromatic carbocycles. The van der Waals surface area contributed by atoms with Crippen LogP contribution in [0.25, 0.3) is 0 Å². The minimum Gasteiger partial charge on any atom is -0.351 e. The summed E-state index contributed by atoms with van der Waals surface area (Å²) in [7, 11) is 0. The van der Waals surface area contributed by atoms with E-state index in [1.807, 2.05) is 33.8 Å². The lowest BCUT2D eigenvalue weighted by atomic mass is 9.74. The smallest absolute Gasteiger partial charge is 0.217 e. The summed E-state index contributed by atoms with van der Waals surface area (Å²) in [6.45, 7) is 18.2. The highest BCUT2D eigenvalue weighted by Gasteiger charge is 2.31. The van der Waals surface area contributed by atoms with Crippen LogP contribution in [0.2, 0.25) is 0 Å². The first-order valence-corrected chi connectivity index (χ1v) is 7.89. The number of nitrogens with one attached hydrogen (secondary N) is 1. The van der Waals surface area contributed by atoms with Crippen molar-refractivity contribution in [3.05, 3.63) is 36.0 Å². The van der Waals surface area contributed by atoms with Gasteiger partial charge in [-0.25, -0.2) is 0 Å². The second-order valence-corrected chi connectivity index (χ2v) is 6.27. The maximum absolute atomic E-state index is 11.3. The van der Waals surface area contributed by atoms with Crippen LogP contribution in [0.5, 0.6) is 0 Å². The zero-order valence-corrected chi connectivity index (χ0v) is 15.5. The van der Waals surface area contributed by atoms with Gasteiger partial charge in [0.1, 0.15) is 0 Å². The Bertz CT molecular complexity index is 384. The molecule has 0 aromatic heterocycles. The molecule has 0 rings (SSSR count). The van der Waals surface area contributed by atoms with Crippen LogP contribution in [-0.2, 0) is 4.79 Å². The van der Waals surface area contributed by atoms with Gasteiger partial charge in [-0.1, -0.05) is 58.1 Å². The Kier molecular flexibility index (Phi) is 10.9. The van der Waals surface area contributed by atoms with Crippen molar-refractivity contribution < 1.29 is 4.79 Å². The molecule has 0 aliphatic heterocycles. The first-order chi connectivity index (χ1) is 9.64. The van der Waals surface area contributed by atoms with Crippen molar-refractivity contribution in [2.45, 2.75) is 74.3 Å². The van der Waals surface area contributed by atoms with E-state index >= 15 is 0 Å². The van der Waals surface area contributed by atoms with Gasteiger partial charge in [-0.2, -0.15) is 0 Å². The standard InChI is InChI=1S/C17H29NO.C2H6/c1-8-10-12-15(11-9-2)16(4,5)13-17(6,7)18-14(3)19;1-2/h8-12H,13H2,1-7H3,(H,18,19);1-2H3/b10-8-,11-9-,15-12+;. The lowest BCUT2D eigenvalue weighted by molar-refractivity contribution is -0.120. The molecule has 0 radical (unpaired) electrons. The summed E-state index contributed by atoms with van der Waals surface area (Å²) in [5, 5.41) is 3.02. The average Bonchev–Trinajstić information content (AvgIpc) is 2.33. The third kappa shape index (κ3) is 10.1. The average molecular weight is 293 g/mol. The summed E-state index contributed by atoms with van der Waals surface area (Å²) in [5.74, 6) is 0.0193. The van der Waals surface area contributed by atoms with Crippen molar-refractivity contribution in [1.82, 2.24) is 5.32 Å². The van der Waals surface area contributed by atoms with Gasteiger partial charge in [-0.05, 0) is 45.1 Å². The molecule has 122 valence electrons. The molecule has 0 spiro atoms. The van der Waals surface area contributed by atoms with Crippen molar-refractivity contribution >= 4 is 5.91 Å². The highest BCUT2D eigenvalue weighted by Crippen LogP contribution is 2.36. The number of hydrogen-bond donors (Lipinski definition) is 1. The van der Waals surface area contributed by atoms with Crippen molar-refractivity contribution in [1.29, 1.82) is 0 Å². The Labute approximate surface area is 132 Å². The molecule has 0 aliphatic carbocycles. The number of amides is 1. The largest absolute Gasteiger partial charge is 0.351 e. The van der Waals surface area contributed by atoms with Gasteiger partial charge in [-0.15, -0.1) is 0 Å². The molecule has 2 nitrogen and oxygen atoms in total. The molecule has 0 saturated carbocycles. The molecule has 2 heteroatoms. The predicted molar refractivity (Wildman–Crippen MR) is 95.4 cm³/mol. The van der Waals surface area contributed by atoms with E-state index in [9.17, 15) is 4.79 Å². The van der Waals surface area contributed by atoms with Crippen molar-refractivity contribution in [3.63, 3.8) is 0 Å². The molecule has 0 heterocycles. The van der Waals surface area contributed by atoms with Crippen LogP contribution in [0.1, 0.15) is 68.7 Å². The zero-order chi connectivity index (χ0) is 17.1. The molecule has 0 saturated heterocycles. The molecule has 0 unspecified atom stereocenters. The zero-order valence-electron chi connectivity index (χ0n) is 15.5. The third-order valence-electron chi connectivity index (χ3n) is 2.99. The number of carbonyl (C=O) groups is 1. The van der Waals surface area contributed by atoms with Crippen molar-refractivity contribution in [2.24, 2.45) is 5.41 Å². The van der Waals surface area contributed by atoms with Gasteiger partial charge in [0.25, 0.3) is 0 Å². The minimum absolute atomic E-state index is 0.00201. The first kappa shape index (κ1) is 22.0. The van der Waals surface area contributed by atoms with E-state index < -0.39 is 0 Å². The summed E-state index contributed by atoms with van der Waals surface area (Å²) >= 11 is 0. The van der Waals surface area contributed by atoms with Crippen LogP contribution in [0.15, 0.2) is 36.0 Å². The number of allylic oxidation sites excluding steroid dienone is 6. The second kappa shape index (κ2) is 10.4. The van der Waals surface area contributed by atoms with Gasteiger partial charge < -0.3 is 5.32 Å². The van der Waals surface area contributed by atoms with Gasteiger partial charge in [-0.3, -0.25) is 4.79 Å². The highest BCUT2D eigenvalue weighted by atomic mass is 16.1. The summed E-state index contributed by atoms with van der Waals surface area (Å²) in [5.41, 5.74) is 1.05. The lowest BCUT2D eigenvalue weighted by Gasteiger charge is -2.36. The normalized spacial score (nSPS) is 13.3. The SMILES string of the molecule is CC.C\C=C/C=C(\C=C/C)C(C)(C)CC(C)(C)NC(C)=O. The molecule has 1 amide bonds. The molecule has 0 aliphatic rings. The van der Waals surface area contributed by atoms with Crippen LogP contribution >= 0.6 is 0 Å². The maximum Gasteiger partial charge on any atom is 0.217 e. The van der Waals surface area contributed by atoms with Gasteiger partial charge in [0, 0.05) is 12.5 Å². The summed E-state index contributed by atoms with van der Waals surface area (Å²) < 4.78 is 0. The Morgan fingerprint density at radius 2 is 1.57 bits per heavy atom. The van der Waals surface area contributed by atoms with Gasteiger partial charge in [0.2, 0.25) is 5.91 Å². The quantitative estimate of drug-likeness (QED) is 0.651. The molecular weight excluding hydrogens is 258 g/mol. The minimum atomic E-state index is -0.216. The van der Waals surface area contributed by atoms with E-state index in [1.165, 1.54) is 5.57 Å². The lowest BCUT2D eigenvalue weighted by Crippen LogP contribution is -2.45. The fourth-order valence-electron chi connectivity index (χ4n) is 2.61. The summed E-state index contributed by atoms with van der Waals surface area (Å²) in [4.78, 5) is 11.3. The molecule has 0 aromatic rings. The van der Waals surface area contributed by atoms with Crippen LogP contribution in [0.3, 0.4) is 0 Å². The first-order valence-electron chi connectivity index (χ1n) is 7.89. The molecule has 0 bridgehead atoms. The number of hydrogen-bond acceptors (Lipinski definition) is 1. The van der Waals surface area contributed by atoms with E-state index in [2.05, 4.69) is 57.3 Å². The van der Waals surface area contributed by atoms with E-state index in [-0.39, 0.29) is 16.9 Å². The Balaban J connectivity index is 0. The van der Waals surface area contributed by atoms with Crippen molar-refractivity contribution in [3.8, 4) is 0 Å². The predicted octanol–water partition coefficient (Wildman–Crippen LogP) is 5.42. The van der Waals surface area contributed by atoms with Gasteiger partial charge in [0.05, 0.1) is 0 Å². The number of rotatable bonds is 6. The number of carbonyl (C=O) groups excluding carboxylic acids is 1. The summed E-state index contributed by atoms with van der Waals surface area (Å²) in [6, 6.07) is 0. The van der Waals surface area contributed by atoms with Crippen molar-refractivity contribution in [2.75, 3.05) is 0 Å². The maximum atomic E-state index is 11.3. The van der Waals surface area contributed by atoms with E-state index in [1.54, 1.807) is 6.92 Å². The molecule has 21 heavy (non-hydrogen) atoms. The van der Waals surface area contributed by atoms with E-state index in [4.69, 9.17) is 0 Å². The van der Waals surface area contributed by atoms with Crippen LogP contribution < -0.4 is 5.32 Å². The Morgan fingerprint density at radius 3 is 1.95 bits per heavy atom. The molecular formula is C19H35NO.